The molecule has 1 N–H and O–H groups in total. The molecule has 0 radical (unpaired) electrons. The number of hydrogen-bond donors (Lipinski definition) is 1. The third-order valence-corrected chi connectivity index (χ3v) is 4.38. The van der Waals surface area contributed by atoms with Crippen LogP contribution < -0.4 is 14.8 Å². The van der Waals surface area contributed by atoms with Crippen molar-refractivity contribution in [2.24, 2.45) is 0 Å². The van der Waals surface area contributed by atoms with Gasteiger partial charge in [-0.2, -0.15) is 0 Å². The lowest BCUT2D eigenvalue weighted by molar-refractivity contribution is -0.121. The number of aryl methyl sites for hydroxylation is 1. The molecular formula is C21H26ClNO3. The van der Waals surface area contributed by atoms with E-state index in [2.05, 4.69) is 5.32 Å². The number of carbonyl (C=O) groups is 1. The summed E-state index contributed by atoms with van der Waals surface area (Å²) in [5, 5.41) is 3.71. The largest absolute Gasteiger partial charge is 0.493 e. The van der Waals surface area contributed by atoms with Crippen LogP contribution in [0, 0.1) is 0 Å². The summed E-state index contributed by atoms with van der Waals surface area (Å²) in [6.45, 7) is 5.88. The first-order chi connectivity index (χ1) is 12.4. The monoisotopic (exact) mass is 375 g/mol. The molecule has 2 aromatic carbocycles. The van der Waals surface area contributed by atoms with Crippen LogP contribution in [0.1, 0.15) is 44.4 Å². The molecule has 5 heteroatoms. The van der Waals surface area contributed by atoms with E-state index in [4.69, 9.17) is 21.1 Å². The second kappa shape index (κ2) is 9.48. The van der Waals surface area contributed by atoms with Crippen LogP contribution >= 0.6 is 11.6 Å². The number of benzene rings is 2. The molecule has 0 aliphatic carbocycles. The predicted octanol–water partition coefficient (Wildman–Crippen LogP) is 4.95. The molecule has 1 unspecified atom stereocenters. The molecule has 0 spiro atoms. The van der Waals surface area contributed by atoms with E-state index in [0.717, 1.165) is 11.1 Å². The van der Waals surface area contributed by atoms with Crippen LogP contribution in [0.3, 0.4) is 0 Å². The molecule has 0 aromatic heterocycles. The highest BCUT2D eigenvalue weighted by Gasteiger charge is 2.14. The van der Waals surface area contributed by atoms with Crippen LogP contribution in [0.2, 0.25) is 5.02 Å². The Kier molecular flexibility index (Phi) is 7.34. The molecule has 140 valence electrons. The Morgan fingerprint density at radius 2 is 1.85 bits per heavy atom. The molecule has 0 saturated heterocycles. The van der Waals surface area contributed by atoms with Crippen LogP contribution in [-0.4, -0.2) is 19.1 Å². The Hall–Kier alpha value is -2.20. The van der Waals surface area contributed by atoms with Gasteiger partial charge in [0.15, 0.2) is 11.5 Å². The van der Waals surface area contributed by atoms with E-state index in [1.807, 2.05) is 63.2 Å². The van der Waals surface area contributed by atoms with Crippen molar-refractivity contribution >= 4 is 17.5 Å². The van der Waals surface area contributed by atoms with Crippen molar-refractivity contribution in [3.8, 4) is 11.5 Å². The summed E-state index contributed by atoms with van der Waals surface area (Å²) in [5.74, 6) is 1.34. The minimum atomic E-state index is -0.129. The molecule has 2 aromatic rings. The van der Waals surface area contributed by atoms with Crippen LogP contribution in [0.4, 0.5) is 0 Å². The van der Waals surface area contributed by atoms with Crippen LogP contribution in [-0.2, 0) is 11.2 Å². The van der Waals surface area contributed by atoms with Crippen molar-refractivity contribution in [1.82, 2.24) is 5.32 Å². The highest BCUT2D eigenvalue weighted by atomic mass is 35.5. The van der Waals surface area contributed by atoms with Crippen LogP contribution in [0.5, 0.6) is 11.5 Å². The molecule has 0 heterocycles. The average molecular weight is 376 g/mol. The van der Waals surface area contributed by atoms with Crippen molar-refractivity contribution in [3.05, 3.63) is 58.6 Å². The molecule has 0 saturated carbocycles. The molecule has 0 fully saturated rings. The highest BCUT2D eigenvalue weighted by molar-refractivity contribution is 6.31. The van der Waals surface area contributed by atoms with E-state index < -0.39 is 0 Å². The second-order valence-electron chi connectivity index (χ2n) is 6.46. The van der Waals surface area contributed by atoms with Gasteiger partial charge in [0.25, 0.3) is 0 Å². The molecule has 2 rings (SSSR count). The summed E-state index contributed by atoms with van der Waals surface area (Å²) in [5.41, 5.74) is 1.94. The molecule has 0 bridgehead atoms. The van der Waals surface area contributed by atoms with E-state index >= 15 is 0 Å². The van der Waals surface area contributed by atoms with Crippen molar-refractivity contribution in [2.45, 2.75) is 45.8 Å². The number of amides is 1. The molecule has 1 amide bonds. The number of methoxy groups -OCH3 is 1. The molecule has 0 aliphatic rings. The smallest absolute Gasteiger partial charge is 0.220 e. The third kappa shape index (κ3) is 5.67. The number of nitrogens with one attached hydrogen (secondary N) is 1. The first-order valence-electron chi connectivity index (χ1n) is 8.78. The minimum absolute atomic E-state index is 0.0149. The fourth-order valence-electron chi connectivity index (χ4n) is 2.65. The normalized spacial score (nSPS) is 11.9. The maximum atomic E-state index is 12.3. The zero-order chi connectivity index (χ0) is 19.1. The van der Waals surface area contributed by atoms with Gasteiger partial charge in [-0.25, -0.2) is 0 Å². The predicted molar refractivity (Wildman–Crippen MR) is 105 cm³/mol. The fourth-order valence-corrected chi connectivity index (χ4v) is 2.88. The van der Waals surface area contributed by atoms with Crippen LogP contribution in [0.25, 0.3) is 0 Å². The number of halogens is 1. The van der Waals surface area contributed by atoms with Gasteiger partial charge in [0, 0.05) is 11.4 Å². The Bertz CT molecular complexity index is 746. The fraction of sp³-hybridized carbons (Fsp3) is 0.381. The van der Waals surface area contributed by atoms with E-state index in [1.165, 1.54) is 0 Å². The van der Waals surface area contributed by atoms with E-state index in [0.29, 0.717) is 29.4 Å². The van der Waals surface area contributed by atoms with Crippen LogP contribution in [0.15, 0.2) is 42.5 Å². The van der Waals surface area contributed by atoms with Gasteiger partial charge in [0.1, 0.15) is 0 Å². The summed E-state index contributed by atoms with van der Waals surface area (Å²) in [6.07, 6.45) is 1.07. The molecule has 4 nitrogen and oxygen atoms in total. The van der Waals surface area contributed by atoms with Gasteiger partial charge < -0.3 is 14.8 Å². The maximum absolute atomic E-state index is 12.3. The number of ether oxygens (including phenoxy) is 2. The lowest BCUT2D eigenvalue weighted by atomic mass is 10.1. The first-order valence-corrected chi connectivity index (χ1v) is 9.16. The summed E-state index contributed by atoms with van der Waals surface area (Å²) >= 11 is 6.14. The first kappa shape index (κ1) is 20.1. The van der Waals surface area contributed by atoms with Gasteiger partial charge in [-0.3, -0.25) is 4.79 Å². The lowest BCUT2D eigenvalue weighted by Crippen LogP contribution is -2.26. The van der Waals surface area contributed by atoms with E-state index in [-0.39, 0.29) is 18.1 Å². The molecule has 0 aliphatic heterocycles. The van der Waals surface area contributed by atoms with Crippen molar-refractivity contribution in [2.75, 3.05) is 7.11 Å². The zero-order valence-corrected chi connectivity index (χ0v) is 16.5. The van der Waals surface area contributed by atoms with Gasteiger partial charge in [-0.15, -0.1) is 0 Å². The standard InChI is InChI=1S/C21H26ClNO3/c1-14(2)26-19-11-9-17(13-20(19)25-4)15(3)23-21(24)12-10-16-7-5-6-8-18(16)22/h5-9,11,13-15H,10,12H2,1-4H3,(H,23,24). The van der Waals surface area contributed by atoms with Crippen molar-refractivity contribution in [1.29, 1.82) is 0 Å². The van der Waals surface area contributed by atoms with E-state index in [9.17, 15) is 4.79 Å². The SMILES string of the molecule is COc1cc(C(C)NC(=O)CCc2ccccc2Cl)ccc1OC(C)C. The van der Waals surface area contributed by atoms with Gasteiger partial charge in [-0.05, 0) is 56.5 Å². The summed E-state index contributed by atoms with van der Waals surface area (Å²) in [6, 6.07) is 13.2. The maximum Gasteiger partial charge on any atom is 0.220 e. The molecule has 1 atom stereocenters. The number of rotatable bonds is 8. The highest BCUT2D eigenvalue weighted by Crippen LogP contribution is 2.31. The van der Waals surface area contributed by atoms with Gasteiger partial charge in [0.2, 0.25) is 5.91 Å². The lowest BCUT2D eigenvalue weighted by Gasteiger charge is -2.18. The Balaban J connectivity index is 1.97. The number of carbonyl (C=O) groups excluding carboxylic acids is 1. The third-order valence-electron chi connectivity index (χ3n) is 4.01. The van der Waals surface area contributed by atoms with Gasteiger partial charge in [0.05, 0.1) is 19.3 Å². The van der Waals surface area contributed by atoms with E-state index in [1.54, 1.807) is 7.11 Å². The minimum Gasteiger partial charge on any atom is -0.493 e. The van der Waals surface area contributed by atoms with Crippen molar-refractivity contribution < 1.29 is 14.3 Å². The zero-order valence-electron chi connectivity index (χ0n) is 15.7. The molecular weight excluding hydrogens is 350 g/mol. The quantitative estimate of drug-likeness (QED) is 0.710. The Morgan fingerprint density at radius 3 is 2.50 bits per heavy atom. The summed E-state index contributed by atoms with van der Waals surface area (Å²) in [4.78, 5) is 12.3. The summed E-state index contributed by atoms with van der Waals surface area (Å²) in [7, 11) is 1.61. The molecule has 26 heavy (non-hydrogen) atoms. The topological polar surface area (TPSA) is 47.6 Å². The summed E-state index contributed by atoms with van der Waals surface area (Å²) < 4.78 is 11.1. The van der Waals surface area contributed by atoms with Gasteiger partial charge >= 0.3 is 0 Å². The number of hydrogen-bond acceptors (Lipinski definition) is 3. The van der Waals surface area contributed by atoms with Gasteiger partial charge in [-0.1, -0.05) is 35.9 Å². The average Bonchev–Trinajstić information content (AvgIpc) is 2.60. The Morgan fingerprint density at radius 1 is 1.12 bits per heavy atom. The Labute approximate surface area is 160 Å². The second-order valence-corrected chi connectivity index (χ2v) is 6.86. The van der Waals surface area contributed by atoms with Crippen molar-refractivity contribution in [3.63, 3.8) is 0 Å².